The van der Waals surface area contributed by atoms with Gasteiger partial charge in [-0.3, -0.25) is 4.79 Å². The molecule has 0 bridgehead atoms. The highest BCUT2D eigenvalue weighted by atomic mass is 16.7. The number of rotatable bonds is 6. The lowest BCUT2D eigenvalue weighted by Crippen LogP contribution is -2.57. The van der Waals surface area contributed by atoms with Crippen LogP contribution in [0.3, 0.4) is 0 Å². The van der Waals surface area contributed by atoms with Crippen molar-refractivity contribution >= 4 is 5.78 Å². The molecule has 0 aromatic heterocycles. The average Bonchev–Trinajstić information content (AvgIpc) is 2.72. The first-order chi connectivity index (χ1) is 8.26. The molecule has 2 atom stereocenters. The van der Waals surface area contributed by atoms with Crippen LogP contribution >= 0.6 is 0 Å². The third-order valence-corrected chi connectivity index (χ3v) is 3.98. The normalized spacial score (nSPS) is 33.9. The number of hydrogen-bond donors (Lipinski definition) is 0. The summed E-state index contributed by atoms with van der Waals surface area (Å²) in [5.41, 5.74) is 0.501. The van der Waals surface area contributed by atoms with Gasteiger partial charge in [-0.15, -0.1) is 0 Å². The topological polar surface area (TPSA) is 35.5 Å². The van der Waals surface area contributed by atoms with Crippen molar-refractivity contribution in [2.75, 3.05) is 13.9 Å². The number of unbranched alkanes of at least 4 members (excludes halogenated alkanes) is 2. The van der Waals surface area contributed by atoms with Crippen LogP contribution in [0.15, 0.2) is 11.6 Å². The molecular formula is C14H22O3. The van der Waals surface area contributed by atoms with Crippen LogP contribution in [0, 0.1) is 5.92 Å². The Morgan fingerprint density at radius 3 is 3.06 bits per heavy atom. The molecule has 2 fully saturated rings. The van der Waals surface area contributed by atoms with Crippen LogP contribution in [-0.4, -0.2) is 25.3 Å². The first-order valence-electron chi connectivity index (χ1n) is 6.64. The zero-order valence-electron chi connectivity index (χ0n) is 10.8. The Morgan fingerprint density at radius 1 is 1.53 bits per heavy atom. The zero-order chi connectivity index (χ0) is 12.3. The van der Waals surface area contributed by atoms with E-state index in [-0.39, 0.29) is 12.6 Å². The highest BCUT2D eigenvalue weighted by Gasteiger charge is 2.61. The minimum atomic E-state index is -0.520. The number of carbonyl (C=O) groups excluding carboxylic acids is 1. The lowest BCUT2D eigenvalue weighted by atomic mass is 9.65. The molecule has 0 spiro atoms. The highest BCUT2D eigenvalue weighted by Crippen LogP contribution is 2.53. The number of fused-ring (bicyclic) bond motifs is 1. The van der Waals surface area contributed by atoms with Crippen LogP contribution in [0.1, 0.15) is 45.4 Å². The van der Waals surface area contributed by atoms with Crippen molar-refractivity contribution in [3.63, 3.8) is 0 Å². The lowest BCUT2D eigenvalue weighted by Gasteiger charge is -2.44. The number of hydrogen-bond acceptors (Lipinski definition) is 3. The van der Waals surface area contributed by atoms with Gasteiger partial charge in [-0.1, -0.05) is 25.8 Å². The quantitative estimate of drug-likeness (QED) is 0.405. The second kappa shape index (κ2) is 5.32. The van der Waals surface area contributed by atoms with Crippen LogP contribution < -0.4 is 0 Å². The van der Waals surface area contributed by atoms with Crippen molar-refractivity contribution in [1.82, 2.24) is 0 Å². The minimum Gasteiger partial charge on any atom is -0.359 e. The standard InChI is InChI=1S/C14H22O3/c1-3-4-5-7-11-12-8-6-9-14(12,13(11)15)17-10-16-2/h7,12H,3-6,8-10H2,1-2H3/b11-7+/t12-,14+/m1/s1. The van der Waals surface area contributed by atoms with Crippen LogP contribution in [-0.2, 0) is 14.3 Å². The number of methoxy groups -OCH3 is 1. The van der Waals surface area contributed by atoms with Crippen LogP contribution in [0.25, 0.3) is 0 Å². The minimum absolute atomic E-state index is 0.216. The third-order valence-electron chi connectivity index (χ3n) is 3.98. The summed E-state index contributed by atoms with van der Waals surface area (Å²) in [5, 5.41) is 0. The van der Waals surface area contributed by atoms with E-state index in [0.717, 1.165) is 37.7 Å². The molecule has 2 aliphatic carbocycles. The molecule has 2 aliphatic rings. The third kappa shape index (κ3) is 2.06. The summed E-state index contributed by atoms with van der Waals surface area (Å²) in [7, 11) is 1.60. The Kier molecular flexibility index (Phi) is 4.00. The molecule has 0 unspecified atom stereocenters. The molecule has 0 aromatic rings. The number of carbonyl (C=O) groups is 1. The summed E-state index contributed by atoms with van der Waals surface area (Å²) in [5.74, 6) is 0.551. The summed E-state index contributed by atoms with van der Waals surface area (Å²) in [6.45, 7) is 2.40. The Labute approximate surface area is 103 Å². The van der Waals surface area contributed by atoms with Gasteiger partial charge in [0.15, 0.2) is 5.78 Å². The number of Topliss-reactive ketones (excluding diaryl/α,β-unsaturated/α-hetero) is 1. The summed E-state index contributed by atoms with van der Waals surface area (Å²) >= 11 is 0. The summed E-state index contributed by atoms with van der Waals surface area (Å²) < 4.78 is 10.6. The van der Waals surface area contributed by atoms with E-state index < -0.39 is 5.60 Å². The van der Waals surface area contributed by atoms with Crippen LogP contribution in [0.4, 0.5) is 0 Å². The lowest BCUT2D eigenvalue weighted by molar-refractivity contribution is -0.179. The molecule has 0 amide bonds. The molecule has 0 saturated heterocycles. The largest absolute Gasteiger partial charge is 0.359 e. The van der Waals surface area contributed by atoms with Gasteiger partial charge in [-0.25, -0.2) is 0 Å². The summed E-state index contributed by atoms with van der Waals surface area (Å²) in [4.78, 5) is 12.2. The van der Waals surface area contributed by atoms with Gasteiger partial charge in [0.1, 0.15) is 12.4 Å². The molecule has 0 radical (unpaired) electrons. The molecule has 0 aliphatic heterocycles. The molecule has 17 heavy (non-hydrogen) atoms. The molecule has 0 N–H and O–H groups in total. The van der Waals surface area contributed by atoms with Gasteiger partial charge < -0.3 is 9.47 Å². The molecule has 0 heterocycles. The molecule has 2 saturated carbocycles. The molecule has 0 aromatic carbocycles. The fourth-order valence-corrected chi connectivity index (χ4v) is 3.08. The van der Waals surface area contributed by atoms with Crippen molar-refractivity contribution in [3.05, 3.63) is 11.6 Å². The highest BCUT2D eigenvalue weighted by molar-refractivity contribution is 6.10. The molecule has 96 valence electrons. The maximum absolute atomic E-state index is 12.2. The van der Waals surface area contributed by atoms with Crippen LogP contribution in [0.5, 0.6) is 0 Å². The molecular weight excluding hydrogens is 216 g/mol. The van der Waals surface area contributed by atoms with E-state index in [0.29, 0.717) is 5.92 Å². The predicted molar refractivity (Wildman–Crippen MR) is 65.6 cm³/mol. The number of ether oxygens (including phenoxy) is 2. The Balaban J connectivity index is 2.02. The van der Waals surface area contributed by atoms with E-state index >= 15 is 0 Å². The fourth-order valence-electron chi connectivity index (χ4n) is 3.08. The Hall–Kier alpha value is -0.670. The van der Waals surface area contributed by atoms with Crippen molar-refractivity contribution in [2.45, 2.75) is 51.0 Å². The van der Waals surface area contributed by atoms with E-state index in [4.69, 9.17) is 9.47 Å². The Morgan fingerprint density at radius 2 is 2.35 bits per heavy atom. The van der Waals surface area contributed by atoms with Crippen molar-refractivity contribution in [1.29, 1.82) is 0 Å². The average molecular weight is 238 g/mol. The van der Waals surface area contributed by atoms with E-state index in [1.807, 2.05) is 0 Å². The van der Waals surface area contributed by atoms with Gasteiger partial charge in [0.05, 0.1) is 0 Å². The molecule has 3 heteroatoms. The smallest absolute Gasteiger partial charge is 0.191 e. The van der Waals surface area contributed by atoms with Gasteiger partial charge in [-0.05, 0) is 25.7 Å². The van der Waals surface area contributed by atoms with Crippen molar-refractivity contribution in [3.8, 4) is 0 Å². The van der Waals surface area contributed by atoms with Crippen molar-refractivity contribution < 1.29 is 14.3 Å². The van der Waals surface area contributed by atoms with Gasteiger partial charge in [0, 0.05) is 18.6 Å². The van der Waals surface area contributed by atoms with E-state index in [1.54, 1.807) is 7.11 Å². The van der Waals surface area contributed by atoms with E-state index in [2.05, 4.69) is 13.0 Å². The summed E-state index contributed by atoms with van der Waals surface area (Å²) in [6.07, 6.45) is 8.54. The Bertz CT molecular complexity index is 321. The van der Waals surface area contributed by atoms with E-state index in [1.165, 1.54) is 6.42 Å². The van der Waals surface area contributed by atoms with Gasteiger partial charge in [0.2, 0.25) is 0 Å². The molecule has 3 nitrogen and oxygen atoms in total. The van der Waals surface area contributed by atoms with Crippen LogP contribution in [0.2, 0.25) is 0 Å². The fraction of sp³-hybridized carbons (Fsp3) is 0.786. The second-order valence-electron chi connectivity index (χ2n) is 5.02. The van der Waals surface area contributed by atoms with Crippen molar-refractivity contribution in [2.24, 2.45) is 5.92 Å². The number of allylic oxidation sites excluding steroid dienone is 1. The maximum atomic E-state index is 12.2. The maximum Gasteiger partial charge on any atom is 0.191 e. The first kappa shape index (κ1) is 12.8. The van der Waals surface area contributed by atoms with Gasteiger partial charge in [0.25, 0.3) is 0 Å². The predicted octanol–water partition coefficient (Wildman–Crippen LogP) is 2.85. The SMILES string of the molecule is CCCC/C=C1/C(=O)[C@]2(OCOC)CCC[C@H]12. The van der Waals surface area contributed by atoms with E-state index in [9.17, 15) is 4.79 Å². The summed E-state index contributed by atoms with van der Waals surface area (Å²) in [6, 6.07) is 0. The van der Waals surface area contributed by atoms with Gasteiger partial charge >= 0.3 is 0 Å². The second-order valence-corrected chi connectivity index (χ2v) is 5.02. The first-order valence-corrected chi connectivity index (χ1v) is 6.64. The zero-order valence-corrected chi connectivity index (χ0v) is 10.8. The number of ketones is 1. The molecule has 2 rings (SSSR count). The monoisotopic (exact) mass is 238 g/mol. The van der Waals surface area contributed by atoms with Gasteiger partial charge in [-0.2, -0.15) is 0 Å².